The van der Waals surface area contributed by atoms with Crippen molar-refractivity contribution in [2.45, 2.75) is 70.4 Å². The van der Waals surface area contributed by atoms with Crippen LogP contribution >= 0.6 is 0 Å². The van der Waals surface area contributed by atoms with Gasteiger partial charge in [-0.1, -0.05) is 31.4 Å². The van der Waals surface area contributed by atoms with Gasteiger partial charge in [0.1, 0.15) is 5.82 Å². The van der Waals surface area contributed by atoms with E-state index in [1.54, 1.807) is 12.1 Å². The molecular formula is C21H28FNO3. The number of carboxylic acids is 1. The number of amides is 1. The fourth-order valence-corrected chi connectivity index (χ4v) is 4.39. The summed E-state index contributed by atoms with van der Waals surface area (Å²) >= 11 is 0. The average Bonchev–Trinajstić information content (AvgIpc) is 2.68. The quantitative estimate of drug-likeness (QED) is 0.847. The molecule has 0 aliphatic heterocycles. The Bertz CT molecular complexity index is 617. The molecule has 142 valence electrons. The van der Waals surface area contributed by atoms with Gasteiger partial charge < -0.3 is 10.0 Å². The molecule has 0 bridgehead atoms. The molecule has 1 N–H and O–H groups in total. The van der Waals surface area contributed by atoms with E-state index < -0.39 is 5.97 Å². The second-order valence-electron chi connectivity index (χ2n) is 7.77. The zero-order valence-corrected chi connectivity index (χ0v) is 15.2. The minimum absolute atomic E-state index is 0.0759. The number of carboxylic acid groups (broad SMARTS) is 1. The lowest BCUT2D eigenvalue weighted by molar-refractivity contribution is -0.147. The molecule has 2 saturated carbocycles. The predicted octanol–water partition coefficient (Wildman–Crippen LogP) is 4.38. The standard InChI is InChI=1S/C21H28FNO3/c22-18-12-6-15(7-13-18)14-23(19-4-2-1-3-5-19)20(24)16-8-10-17(11-9-16)21(25)26/h6-7,12-13,16-17,19H,1-5,8-11,14H2,(H,25,26). The van der Waals surface area contributed by atoms with E-state index in [9.17, 15) is 14.0 Å². The fraction of sp³-hybridized carbons (Fsp3) is 0.619. The van der Waals surface area contributed by atoms with Gasteiger partial charge in [0.05, 0.1) is 5.92 Å². The minimum atomic E-state index is -0.744. The van der Waals surface area contributed by atoms with Gasteiger partial charge in [-0.05, 0) is 56.2 Å². The topological polar surface area (TPSA) is 57.6 Å². The van der Waals surface area contributed by atoms with Crippen LogP contribution in [-0.2, 0) is 16.1 Å². The van der Waals surface area contributed by atoms with Gasteiger partial charge in [0.15, 0.2) is 0 Å². The Morgan fingerprint density at radius 3 is 2.08 bits per heavy atom. The first-order chi connectivity index (χ1) is 12.5. The summed E-state index contributed by atoms with van der Waals surface area (Å²) < 4.78 is 13.2. The molecule has 3 rings (SSSR count). The second-order valence-corrected chi connectivity index (χ2v) is 7.77. The molecule has 0 saturated heterocycles. The third-order valence-electron chi connectivity index (χ3n) is 5.99. The van der Waals surface area contributed by atoms with Crippen LogP contribution in [0.15, 0.2) is 24.3 Å². The molecule has 2 aliphatic rings. The normalized spacial score (nSPS) is 24.2. The molecule has 0 unspecified atom stereocenters. The van der Waals surface area contributed by atoms with Gasteiger partial charge in [0.2, 0.25) is 5.91 Å². The summed E-state index contributed by atoms with van der Waals surface area (Å²) in [5, 5.41) is 9.17. The van der Waals surface area contributed by atoms with Crippen molar-refractivity contribution in [1.29, 1.82) is 0 Å². The molecule has 4 nitrogen and oxygen atoms in total. The number of carbonyl (C=O) groups is 2. The number of halogens is 1. The smallest absolute Gasteiger partial charge is 0.306 e. The van der Waals surface area contributed by atoms with E-state index in [-0.39, 0.29) is 29.6 Å². The SMILES string of the molecule is O=C(O)C1CCC(C(=O)N(Cc2ccc(F)cc2)C2CCCCC2)CC1. The minimum Gasteiger partial charge on any atom is -0.481 e. The number of aliphatic carboxylic acids is 1. The third-order valence-corrected chi connectivity index (χ3v) is 5.99. The first-order valence-electron chi connectivity index (χ1n) is 9.82. The molecule has 0 atom stereocenters. The van der Waals surface area contributed by atoms with Crippen molar-refractivity contribution >= 4 is 11.9 Å². The Morgan fingerprint density at radius 2 is 1.50 bits per heavy atom. The molecule has 2 aliphatic carbocycles. The number of benzene rings is 1. The average molecular weight is 361 g/mol. The Hall–Kier alpha value is -1.91. The fourth-order valence-electron chi connectivity index (χ4n) is 4.39. The molecule has 0 radical (unpaired) electrons. The zero-order valence-electron chi connectivity index (χ0n) is 15.2. The number of hydrogen-bond donors (Lipinski definition) is 1. The lowest BCUT2D eigenvalue weighted by Gasteiger charge is -2.38. The van der Waals surface area contributed by atoms with E-state index in [0.717, 1.165) is 31.2 Å². The van der Waals surface area contributed by atoms with Crippen LogP contribution in [0.25, 0.3) is 0 Å². The van der Waals surface area contributed by atoms with Gasteiger partial charge in [-0.3, -0.25) is 9.59 Å². The maximum atomic E-state index is 13.2. The van der Waals surface area contributed by atoms with Crippen molar-refractivity contribution in [3.05, 3.63) is 35.6 Å². The van der Waals surface area contributed by atoms with E-state index in [1.807, 2.05) is 4.90 Å². The van der Waals surface area contributed by atoms with E-state index in [1.165, 1.54) is 18.6 Å². The maximum Gasteiger partial charge on any atom is 0.306 e. The largest absolute Gasteiger partial charge is 0.481 e. The first-order valence-corrected chi connectivity index (χ1v) is 9.82. The number of carbonyl (C=O) groups excluding carboxylic acids is 1. The van der Waals surface area contributed by atoms with Crippen LogP contribution in [0.4, 0.5) is 4.39 Å². The lowest BCUT2D eigenvalue weighted by atomic mass is 9.80. The molecule has 0 spiro atoms. The van der Waals surface area contributed by atoms with Crippen LogP contribution in [0.3, 0.4) is 0 Å². The van der Waals surface area contributed by atoms with Crippen molar-refractivity contribution < 1.29 is 19.1 Å². The Morgan fingerprint density at radius 1 is 0.923 bits per heavy atom. The van der Waals surface area contributed by atoms with Gasteiger partial charge in [-0.2, -0.15) is 0 Å². The van der Waals surface area contributed by atoms with E-state index in [2.05, 4.69) is 0 Å². The van der Waals surface area contributed by atoms with Gasteiger partial charge in [-0.25, -0.2) is 4.39 Å². The predicted molar refractivity (Wildman–Crippen MR) is 96.9 cm³/mol. The van der Waals surface area contributed by atoms with Crippen molar-refractivity contribution in [3.8, 4) is 0 Å². The van der Waals surface area contributed by atoms with Crippen LogP contribution in [0.1, 0.15) is 63.4 Å². The summed E-state index contributed by atoms with van der Waals surface area (Å²) in [5.41, 5.74) is 0.949. The van der Waals surface area contributed by atoms with Gasteiger partial charge in [0, 0.05) is 18.5 Å². The van der Waals surface area contributed by atoms with E-state index in [0.29, 0.717) is 32.2 Å². The molecule has 1 aromatic rings. The van der Waals surface area contributed by atoms with Crippen LogP contribution in [0, 0.1) is 17.7 Å². The van der Waals surface area contributed by atoms with E-state index in [4.69, 9.17) is 5.11 Å². The second kappa shape index (κ2) is 8.65. The summed E-state index contributed by atoms with van der Waals surface area (Å²) in [6.45, 7) is 0.517. The van der Waals surface area contributed by atoms with Gasteiger partial charge in [-0.15, -0.1) is 0 Å². The monoisotopic (exact) mass is 361 g/mol. The Kier molecular flexibility index (Phi) is 6.28. The van der Waals surface area contributed by atoms with Crippen molar-refractivity contribution in [2.24, 2.45) is 11.8 Å². The third kappa shape index (κ3) is 4.63. The number of rotatable bonds is 5. The van der Waals surface area contributed by atoms with Gasteiger partial charge >= 0.3 is 5.97 Å². The molecule has 5 heteroatoms. The van der Waals surface area contributed by atoms with Crippen molar-refractivity contribution in [1.82, 2.24) is 4.90 Å². The van der Waals surface area contributed by atoms with Crippen molar-refractivity contribution in [3.63, 3.8) is 0 Å². The number of hydrogen-bond acceptors (Lipinski definition) is 2. The summed E-state index contributed by atoms with van der Waals surface area (Å²) in [5.74, 6) is -1.24. The zero-order chi connectivity index (χ0) is 18.5. The number of nitrogens with zero attached hydrogens (tertiary/aromatic N) is 1. The summed E-state index contributed by atoms with van der Waals surface area (Å²) in [6, 6.07) is 6.63. The highest BCUT2D eigenvalue weighted by molar-refractivity contribution is 5.80. The van der Waals surface area contributed by atoms with Crippen LogP contribution in [-0.4, -0.2) is 27.9 Å². The molecule has 26 heavy (non-hydrogen) atoms. The van der Waals surface area contributed by atoms with Gasteiger partial charge in [0.25, 0.3) is 0 Å². The van der Waals surface area contributed by atoms with Crippen molar-refractivity contribution in [2.75, 3.05) is 0 Å². The van der Waals surface area contributed by atoms with E-state index >= 15 is 0 Å². The van der Waals surface area contributed by atoms with Crippen LogP contribution in [0.5, 0.6) is 0 Å². The summed E-state index contributed by atoms with van der Waals surface area (Å²) in [4.78, 5) is 26.4. The Labute approximate surface area is 154 Å². The highest BCUT2D eigenvalue weighted by Crippen LogP contribution is 2.33. The molecule has 0 heterocycles. The molecule has 1 aromatic carbocycles. The molecule has 0 aromatic heterocycles. The lowest BCUT2D eigenvalue weighted by Crippen LogP contribution is -2.45. The molecular weight excluding hydrogens is 333 g/mol. The molecule has 1 amide bonds. The van der Waals surface area contributed by atoms with Crippen LogP contribution in [0.2, 0.25) is 0 Å². The first kappa shape index (κ1) is 18.9. The highest BCUT2D eigenvalue weighted by atomic mass is 19.1. The maximum absolute atomic E-state index is 13.2. The summed E-state index contributed by atoms with van der Waals surface area (Å²) in [6.07, 6.45) is 8.04. The summed E-state index contributed by atoms with van der Waals surface area (Å²) in [7, 11) is 0. The highest BCUT2D eigenvalue weighted by Gasteiger charge is 2.34. The van der Waals surface area contributed by atoms with Crippen LogP contribution < -0.4 is 0 Å². The Balaban J connectivity index is 1.70. The molecule has 2 fully saturated rings.